The normalized spacial score (nSPS) is 19.8. The highest BCUT2D eigenvalue weighted by Gasteiger charge is 2.35. The Labute approximate surface area is 223 Å². The highest BCUT2D eigenvalue weighted by Crippen LogP contribution is 2.40. The molecule has 1 saturated carbocycles. The van der Waals surface area contributed by atoms with Crippen LogP contribution in [0.25, 0.3) is 11.0 Å². The average Bonchev–Trinajstić information content (AvgIpc) is 3.44. The third-order valence-electron chi connectivity index (χ3n) is 9.09. The molecule has 0 atom stereocenters. The first kappa shape index (κ1) is 25.0. The van der Waals surface area contributed by atoms with Gasteiger partial charge in [-0.15, -0.1) is 0 Å². The van der Waals surface area contributed by atoms with Crippen molar-refractivity contribution in [3.05, 3.63) is 46.0 Å². The fourth-order valence-corrected chi connectivity index (χ4v) is 6.77. The number of ketones is 1. The van der Waals surface area contributed by atoms with Crippen LogP contribution in [0.1, 0.15) is 80.3 Å². The minimum absolute atomic E-state index is 0.0532. The van der Waals surface area contributed by atoms with E-state index in [1.54, 1.807) is 10.8 Å². The maximum atomic E-state index is 13.4. The SMILES string of the molecule is CC(=O)c1c(C)c2cnc(Nc3ccc(N4CCC5(CCNCC5)CC4)cn3)nc2n(C2CCCC2)c1=O. The van der Waals surface area contributed by atoms with Gasteiger partial charge in [0.05, 0.1) is 17.4 Å². The van der Waals surface area contributed by atoms with Crippen LogP contribution in [-0.4, -0.2) is 51.5 Å². The van der Waals surface area contributed by atoms with Crippen molar-refractivity contribution < 1.29 is 4.79 Å². The predicted molar refractivity (Wildman–Crippen MR) is 150 cm³/mol. The molecule has 3 fully saturated rings. The monoisotopic (exact) mass is 515 g/mol. The van der Waals surface area contributed by atoms with Crippen LogP contribution in [0.5, 0.6) is 0 Å². The Balaban J connectivity index is 1.24. The average molecular weight is 516 g/mol. The van der Waals surface area contributed by atoms with E-state index in [0.717, 1.165) is 62.9 Å². The highest BCUT2D eigenvalue weighted by atomic mass is 16.1. The smallest absolute Gasteiger partial charge is 0.263 e. The predicted octanol–water partition coefficient (Wildman–Crippen LogP) is 4.53. The summed E-state index contributed by atoms with van der Waals surface area (Å²) in [7, 11) is 0. The van der Waals surface area contributed by atoms with Crippen molar-refractivity contribution in [3.8, 4) is 0 Å². The number of Topliss-reactive ketones (excluding diaryl/α,β-unsaturated/α-hetero) is 1. The second kappa shape index (κ2) is 10.1. The molecule has 2 N–H and O–H groups in total. The van der Waals surface area contributed by atoms with Gasteiger partial charge in [-0.05, 0) is 88.6 Å². The molecule has 0 radical (unpaired) electrons. The number of nitrogens with zero attached hydrogens (tertiary/aromatic N) is 5. The fraction of sp³-hybridized carbons (Fsp3) is 0.552. The third kappa shape index (κ3) is 4.57. The number of aryl methyl sites for hydroxylation is 1. The number of hydrogen-bond acceptors (Lipinski definition) is 8. The van der Waals surface area contributed by atoms with Crippen LogP contribution in [-0.2, 0) is 0 Å². The molecule has 6 rings (SSSR count). The molecule has 38 heavy (non-hydrogen) atoms. The summed E-state index contributed by atoms with van der Waals surface area (Å²) in [6.45, 7) is 7.70. The van der Waals surface area contributed by atoms with E-state index in [1.807, 2.05) is 19.2 Å². The number of hydrogen-bond donors (Lipinski definition) is 2. The first-order valence-electron chi connectivity index (χ1n) is 14.1. The van der Waals surface area contributed by atoms with Crippen molar-refractivity contribution in [2.45, 2.75) is 71.3 Å². The Hall–Kier alpha value is -3.33. The molecule has 3 aliphatic rings. The van der Waals surface area contributed by atoms with Gasteiger partial charge >= 0.3 is 0 Å². The van der Waals surface area contributed by atoms with E-state index < -0.39 is 0 Å². The summed E-state index contributed by atoms with van der Waals surface area (Å²) in [6, 6.07) is 4.12. The van der Waals surface area contributed by atoms with Gasteiger partial charge in [0.25, 0.3) is 5.56 Å². The number of aromatic nitrogens is 4. The molecule has 1 spiro atoms. The maximum absolute atomic E-state index is 13.4. The van der Waals surface area contributed by atoms with Crippen LogP contribution in [0.3, 0.4) is 0 Å². The maximum Gasteiger partial charge on any atom is 0.263 e. The molecule has 200 valence electrons. The molecular weight excluding hydrogens is 478 g/mol. The third-order valence-corrected chi connectivity index (χ3v) is 9.09. The number of carbonyl (C=O) groups excluding carboxylic acids is 1. The topological polar surface area (TPSA) is 105 Å². The van der Waals surface area contributed by atoms with Crippen LogP contribution >= 0.6 is 0 Å². The van der Waals surface area contributed by atoms with Crippen LogP contribution in [0, 0.1) is 12.3 Å². The first-order valence-corrected chi connectivity index (χ1v) is 14.1. The summed E-state index contributed by atoms with van der Waals surface area (Å²) in [6.07, 6.45) is 12.7. The number of carbonyl (C=O) groups is 1. The van der Waals surface area contributed by atoms with E-state index in [2.05, 4.69) is 31.6 Å². The van der Waals surface area contributed by atoms with Gasteiger partial charge in [-0.2, -0.15) is 4.98 Å². The number of rotatable bonds is 5. The van der Waals surface area contributed by atoms with Crippen molar-refractivity contribution in [1.82, 2.24) is 24.8 Å². The van der Waals surface area contributed by atoms with Gasteiger partial charge in [0.1, 0.15) is 11.5 Å². The molecule has 0 amide bonds. The second-order valence-electron chi connectivity index (χ2n) is 11.4. The van der Waals surface area contributed by atoms with E-state index in [0.29, 0.717) is 28.4 Å². The Morgan fingerprint density at radius 1 is 1.05 bits per heavy atom. The van der Waals surface area contributed by atoms with E-state index in [1.165, 1.54) is 32.6 Å². The number of pyridine rings is 2. The molecule has 3 aromatic rings. The molecule has 5 heterocycles. The fourth-order valence-electron chi connectivity index (χ4n) is 6.77. The standard InChI is InChI=1S/C29H37N7O2/c1-19-23-18-32-28(34-26(23)36(21-5-3-4-6-21)27(38)25(19)20(2)37)33-24-8-7-22(17-31-24)35-15-11-29(12-16-35)9-13-30-14-10-29/h7-8,17-18,21,30H,3-6,9-16H2,1-2H3,(H,31,32,33,34). The largest absolute Gasteiger partial charge is 0.370 e. The number of piperidine rings is 2. The summed E-state index contributed by atoms with van der Waals surface area (Å²) in [5.41, 5.74) is 2.89. The molecule has 0 unspecified atom stereocenters. The van der Waals surface area contributed by atoms with E-state index in [4.69, 9.17) is 4.98 Å². The van der Waals surface area contributed by atoms with Gasteiger partial charge in [0.15, 0.2) is 5.78 Å². The first-order chi connectivity index (χ1) is 18.4. The zero-order chi connectivity index (χ0) is 26.3. The van der Waals surface area contributed by atoms with Crippen molar-refractivity contribution >= 4 is 34.3 Å². The van der Waals surface area contributed by atoms with E-state index in [9.17, 15) is 9.59 Å². The summed E-state index contributed by atoms with van der Waals surface area (Å²) in [5.74, 6) is 0.837. The second-order valence-corrected chi connectivity index (χ2v) is 11.4. The van der Waals surface area contributed by atoms with Crippen molar-refractivity contribution in [1.29, 1.82) is 0 Å². The zero-order valence-electron chi connectivity index (χ0n) is 22.4. The molecule has 2 saturated heterocycles. The van der Waals surface area contributed by atoms with E-state index in [-0.39, 0.29) is 22.9 Å². The summed E-state index contributed by atoms with van der Waals surface area (Å²) in [5, 5.41) is 7.46. The summed E-state index contributed by atoms with van der Waals surface area (Å²) >= 11 is 0. The van der Waals surface area contributed by atoms with Gasteiger partial charge in [-0.3, -0.25) is 14.2 Å². The van der Waals surface area contributed by atoms with Gasteiger partial charge in [-0.25, -0.2) is 9.97 Å². The minimum atomic E-state index is -0.241. The zero-order valence-corrected chi connectivity index (χ0v) is 22.4. The Bertz CT molecular complexity index is 1390. The van der Waals surface area contributed by atoms with Crippen LogP contribution in [0.2, 0.25) is 0 Å². The van der Waals surface area contributed by atoms with Gasteiger partial charge in [0, 0.05) is 30.7 Å². The quantitative estimate of drug-likeness (QED) is 0.478. The van der Waals surface area contributed by atoms with Crippen LogP contribution in [0.15, 0.2) is 29.3 Å². The highest BCUT2D eigenvalue weighted by molar-refractivity contribution is 5.99. The van der Waals surface area contributed by atoms with Crippen LogP contribution in [0.4, 0.5) is 17.5 Å². The van der Waals surface area contributed by atoms with Crippen LogP contribution < -0.4 is 21.1 Å². The van der Waals surface area contributed by atoms with E-state index >= 15 is 0 Å². The molecule has 2 aliphatic heterocycles. The van der Waals surface area contributed by atoms with Crippen molar-refractivity contribution in [2.24, 2.45) is 5.41 Å². The molecule has 1 aliphatic carbocycles. The molecule has 0 bridgehead atoms. The minimum Gasteiger partial charge on any atom is -0.370 e. The van der Waals surface area contributed by atoms with Gasteiger partial charge in [-0.1, -0.05) is 12.8 Å². The molecular formula is C29H37N7O2. The number of anilines is 3. The molecule has 0 aromatic carbocycles. The number of fused-ring (bicyclic) bond motifs is 1. The Morgan fingerprint density at radius 2 is 1.79 bits per heavy atom. The van der Waals surface area contributed by atoms with Gasteiger partial charge in [0.2, 0.25) is 5.95 Å². The summed E-state index contributed by atoms with van der Waals surface area (Å²) < 4.78 is 1.74. The lowest BCUT2D eigenvalue weighted by Crippen LogP contribution is -2.45. The summed E-state index contributed by atoms with van der Waals surface area (Å²) in [4.78, 5) is 42.2. The van der Waals surface area contributed by atoms with Crippen molar-refractivity contribution in [3.63, 3.8) is 0 Å². The lowest BCUT2D eigenvalue weighted by Gasteiger charge is -2.45. The molecule has 9 nitrogen and oxygen atoms in total. The van der Waals surface area contributed by atoms with Crippen molar-refractivity contribution in [2.75, 3.05) is 36.4 Å². The Kier molecular flexibility index (Phi) is 6.63. The number of nitrogens with one attached hydrogen (secondary N) is 2. The Morgan fingerprint density at radius 3 is 2.45 bits per heavy atom. The molecule has 9 heteroatoms. The van der Waals surface area contributed by atoms with Gasteiger partial charge < -0.3 is 15.5 Å². The lowest BCUT2D eigenvalue weighted by molar-refractivity contribution is 0.101. The lowest BCUT2D eigenvalue weighted by atomic mass is 9.71. The molecule has 3 aromatic heterocycles.